The molecule has 0 radical (unpaired) electrons. The molecule has 2 N–H and O–H groups in total. The minimum absolute atomic E-state index is 0.122. The van der Waals surface area contributed by atoms with Crippen LogP contribution in [0.5, 0.6) is 5.75 Å². The van der Waals surface area contributed by atoms with E-state index < -0.39 is 5.97 Å². The van der Waals surface area contributed by atoms with Crippen LogP contribution in [0.3, 0.4) is 0 Å². The first-order valence-electron chi connectivity index (χ1n) is 7.07. The van der Waals surface area contributed by atoms with Crippen LogP contribution in [0.4, 0.5) is 0 Å². The number of rotatable bonds is 7. The van der Waals surface area contributed by atoms with Crippen molar-refractivity contribution >= 4 is 11.9 Å². The highest BCUT2D eigenvalue weighted by Gasteiger charge is 2.10. The number of ether oxygens (including phenoxy) is 1. The molecule has 122 valence electrons. The van der Waals surface area contributed by atoms with E-state index in [4.69, 9.17) is 14.4 Å². The molecular weight excluding hydrogens is 300 g/mol. The zero-order valence-electron chi connectivity index (χ0n) is 13.0. The summed E-state index contributed by atoms with van der Waals surface area (Å²) >= 11 is 0. The van der Waals surface area contributed by atoms with Gasteiger partial charge in [0.15, 0.2) is 0 Å². The number of nitrogens with zero attached hydrogens (tertiary/aromatic N) is 1. The fourth-order valence-electron chi connectivity index (χ4n) is 1.99. The number of amides is 1. The first-order chi connectivity index (χ1) is 11.0. The number of nitrogens with one attached hydrogen (secondary N) is 1. The summed E-state index contributed by atoms with van der Waals surface area (Å²) < 4.78 is 10.7. The zero-order valence-corrected chi connectivity index (χ0v) is 13.0. The molecule has 0 saturated carbocycles. The number of aryl methyl sites for hydroxylation is 2. The van der Waals surface area contributed by atoms with Crippen molar-refractivity contribution < 1.29 is 24.0 Å². The second-order valence-electron chi connectivity index (χ2n) is 5.08. The molecule has 2 rings (SSSR count). The van der Waals surface area contributed by atoms with Crippen LogP contribution in [-0.4, -0.2) is 28.7 Å². The van der Waals surface area contributed by atoms with Crippen molar-refractivity contribution in [3.8, 4) is 5.75 Å². The number of carboxylic acids is 1. The average Bonchev–Trinajstić information content (AvgIpc) is 2.83. The Balaban J connectivity index is 1.87. The Morgan fingerprint density at radius 1 is 1.26 bits per heavy atom. The topological polar surface area (TPSA) is 102 Å². The largest absolute Gasteiger partial charge is 0.489 e. The second kappa shape index (κ2) is 7.44. The van der Waals surface area contributed by atoms with Crippen molar-refractivity contribution in [2.75, 3.05) is 6.54 Å². The van der Waals surface area contributed by atoms with Gasteiger partial charge in [-0.15, -0.1) is 0 Å². The van der Waals surface area contributed by atoms with Gasteiger partial charge in [-0.1, -0.05) is 17.3 Å². The quantitative estimate of drug-likeness (QED) is 0.804. The molecule has 7 nitrogen and oxygen atoms in total. The number of carbonyl (C=O) groups is 2. The lowest BCUT2D eigenvalue weighted by Crippen LogP contribution is -2.30. The fraction of sp³-hybridized carbons (Fsp3) is 0.312. The molecule has 1 aromatic heterocycles. The molecule has 0 aliphatic rings. The number of carbonyl (C=O) groups excluding carboxylic acids is 1. The summed E-state index contributed by atoms with van der Waals surface area (Å²) in [5.41, 5.74) is 2.49. The van der Waals surface area contributed by atoms with Crippen LogP contribution >= 0.6 is 0 Å². The van der Waals surface area contributed by atoms with Gasteiger partial charge in [-0.05, 0) is 31.5 Å². The van der Waals surface area contributed by atoms with E-state index in [9.17, 15) is 9.59 Å². The van der Waals surface area contributed by atoms with Crippen LogP contribution in [0, 0.1) is 13.8 Å². The molecule has 2 aromatic rings. The summed E-state index contributed by atoms with van der Waals surface area (Å²) in [6, 6.07) is 7.06. The van der Waals surface area contributed by atoms with Gasteiger partial charge in [0, 0.05) is 0 Å². The van der Waals surface area contributed by atoms with Gasteiger partial charge in [0.1, 0.15) is 24.7 Å². The SMILES string of the molecule is Cc1noc(C)c1COc1ccc(CC(=O)NCC(=O)O)cc1. The summed E-state index contributed by atoms with van der Waals surface area (Å²) in [6.45, 7) is 3.67. The number of benzene rings is 1. The number of aliphatic carboxylic acids is 1. The molecule has 0 bridgehead atoms. The lowest BCUT2D eigenvalue weighted by Gasteiger charge is -2.07. The van der Waals surface area contributed by atoms with Crippen molar-refractivity contribution in [1.29, 1.82) is 0 Å². The fourth-order valence-corrected chi connectivity index (χ4v) is 1.99. The summed E-state index contributed by atoms with van der Waals surface area (Å²) in [6.07, 6.45) is 0.122. The summed E-state index contributed by atoms with van der Waals surface area (Å²) in [5.74, 6) is -0.00729. The maximum Gasteiger partial charge on any atom is 0.322 e. The molecule has 0 fully saturated rings. The third kappa shape index (κ3) is 4.84. The summed E-state index contributed by atoms with van der Waals surface area (Å²) in [4.78, 5) is 21.9. The first-order valence-corrected chi connectivity index (χ1v) is 7.07. The van der Waals surface area contributed by atoms with Gasteiger partial charge < -0.3 is 19.7 Å². The minimum atomic E-state index is -1.07. The highest BCUT2D eigenvalue weighted by Crippen LogP contribution is 2.18. The monoisotopic (exact) mass is 318 g/mol. The van der Waals surface area contributed by atoms with Crippen LogP contribution in [0.15, 0.2) is 28.8 Å². The molecule has 0 atom stereocenters. The van der Waals surface area contributed by atoms with Crippen LogP contribution in [0.25, 0.3) is 0 Å². The molecule has 0 aliphatic heterocycles. The molecule has 1 heterocycles. The Morgan fingerprint density at radius 3 is 2.52 bits per heavy atom. The van der Waals surface area contributed by atoms with Crippen molar-refractivity contribution in [2.24, 2.45) is 0 Å². The molecule has 1 aromatic carbocycles. The predicted octanol–water partition coefficient (Wildman–Crippen LogP) is 1.61. The number of aromatic nitrogens is 1. The standard InChI is InChI=1S/C16H18N2O5/c1-10-14(11(2)23-18-10)9-22-13-5-3-12(4-6-13)7-15(19)17-8-16(20)21/h3-6H,7-9H2,1-2H3,(H,17,19)(H,20,21). The smallest absolute Gasteiger partial charge is 0.322 e. The Morgan fingerprint density at radius 2 is 1.96 bits per heavy atom. The first kappa shape index (κ1) is 16.5. The van der Waals surface area contributed by atoms with E-state index >= 15 is 0 Å². The van der Waals surface area contributed by atoms with Gasteiger partial charge in [0.25, 0.3) is 0 Å². The average molecular weight is 318 g/mol. The van der Waals surface area contributed by atoms with Gasteiger partial charge >= 0.3 is 5.97 Å². The summed E-state index contributed by atoms with van der Waals surface area (Å²) in [5, 5.41) is 14.7. The van der Waals surface area contributed by atoms with E-state index in [1.165, 1.54) is 0 Å². The van der Waals surface area contributed by atoms with E-state index in [-0.39, 0.29) is 18.9 Å². The summed E-state index contributed by atoms with van der Waals surface area (Å²) in [7, 11) is 0. The molecule has 0 spiro atoms. The van der Waals surface area contributed by atoms with E-state index in [1.54, 1.807) is 24.3 Å². The number of hydrogen-bond acceptors (Lipinski definition) is 5. The van der Waals surface area contributed by atoms with Gasteiger partial charge in [-0.3, -0.25) is 9.59 Å². The van der Waals surface area contributed by atoms with Crippen molar-refractivity contribution in [2.45, 2.75) is 26.9 Å². The van der Waals surface area contributed by atoms with Crippen LogP contribution < -0.4 is 10.1 Å². The molecule has 0 aliphatic carbocycles. The Kier molecular flexibility index (Phi) is 5.35. The van der Waals surface area contributed by atoms with Gasteiger partial charge in [0.2, 0.25) is 5.91 Å². The van der Waals surface area contributed by atoms with Crippen molar-refractivity contribution in [3.05, 3.63) is 46.8 Å². The molecule has 0 unspecified atom stereocenters. The maximum absolute atomic E-state index is 11.5. The van der Waals surface area contributed by atoms with Gasteiger partial charge in [-0.25, -0.2) is 0 Å². The lowest BCUT2D eigenvalue weighted by atomic mass is 10.1. The number of hydrogen-bond donors (Lipinski definition) is 2. The van der Waals surface area contributed by atoms with Crippen LogP contribution in [-0.2, 0) is 22.6 Å². The third-order valence-electron chi connectivity index (χ3n) is 3.29. The number of carboxylic acid groups (broad SMARTS) is 1. The van der Waals surface area contributed by atoms with E-state index in [0.29, 0.717) is 12.4 Å². The maximum atomic E-state index is 11.5. The second-order valence-corrected chi connectivity index (χ2v) is 5.08. The Hall–Kier alpha value is -2.83. The molecule has 7 heteroatoms. The zero-order chi connectivity index (χ0) is 16.8. The van der Waals surface area contributed by atoms with E-state index in [1.807, 2.05) is 13.8 Å². The molecule has 0 saturated heterocycles. The lowest BCUT2D eigenvalue weighted by molar-refractivity contribution is -0.137. The third-order valence-corrected chi connectivity index (χ3v) is 3.29. The Labute approximate surface area is 133 Å². The van der Waals surface area contributed by atoms with Gasteiger partial charge in [0.05, 0.1) is 17.7 Å². The van der Waals surface area contributed by atoms with Crippen molar-refractivity contribution in [3.63, 3.8) is 0 Å². The normalized spacial score (nSPS) is 10.3. The molecule has 1 amide bonds. The van der Waals surface area contributed by atoms with E-state index in [2.05, 4.69) is 10.5 Å². The van der Waals surface area contributed by atoms with Gasteiger partial charge in [-0.2, -0.15) is 0 Å². The highest BCUT2D eigenvalue weighted by molar-refractivity contribution is 5.82. The Bertz CT molecular complexity index is 671. The van der Waals surface area contributed by atoms with Crippen molar-refractivity contribution in [1.82, 2.24) is 10.5 Å². The van der Waals surface area contributed by atoms with Crippen LogP contribution in [0.1, 0.15) is 22.6 Å². The highest BCUT2D eigenvalue weighted by atomic mass is 16.5. The minimum Gasteiger partial charge on any atom is -0.489 e. The molecule has 23 heavy (non-hydrogen) atoms. The molecular formula is C16H18N2O5. The van der Waals surface area contributed by atoms with Crippen LogP contribution in [0.2, 0.25) is 0 Å². The van der Waals surface area contributed by atoms with E-state index in [0.717, 1.165) is 22.6 Å². The predicted molar refractivity (Wildman–Crippen MR) is 81.1 cm³/mol.